The van der Waals surface area contributed by atoms with Crippen LogP contribution >= 0.6 is 11.8 Å². The van der Waals surface area contributed by atoms with E-state index in [9.17, 15) is 26.4 Å². The van der Waals surface area contributed by atoms with Gasteiger partial charge in [0.15, 0.2) is 0 Å². The maximum atomic E-state index is 12.9. The Hall–Kier alpha value is -1.26. The van der Waals surface area contributed by atoms with Crippen LogP contribution in [0.4, 0.5) is 13.2 Å². The van der Waals surface area contributed by atoms with Crippen molar-refractivity contribution < 1.29 is 31.5 Å². The van der Waals surface area contributed by atoms with Gasteiger partial charge in [-0.25, -0.2) is 8.42 Å². The molecular weight excluding hydrogens is 343 g/mol. The molecule has 1 aromatic carbocycles. The molecule has 0 amide bonds. The van der Waals surface area contributed by atoms with Gasteiger partial charge >= 0.3 is 12.1 Å². The number of hydrogen-bond donors (Lipinski definition) is 2. The summed E-state index contributed by atoms with van der Waals surface area (Å²) in [7, 11) is -4.61. The van der Waals surface area contributed by atoms with Crippen LogP contribution in [0, 0.1) is 0 Å². The van der Waals surface area contributed by atoms with E-state index in [1.165, 1.54) is 11.8 Å². The van der Waals surface area contributed by atoms with Gasteiger partial charge in [-0.3, -0.25) is 4.79 Å². The quantitative estimate of drug-likeness (QED) is 0.782. The fraction of sp³-hybridized carbons (Fsp3) is 0.417. The van der Waals surface area contributed by atoms with Crippen LogP contribution in [0.5, 0.6) is 0 Å². The summed E-state index contributed by atoms with van der Waals surface area (Å²) >= 11 is 1.30. The number of alkyl halides is 3. The normalized spacial score (nSPS) is 13.8. The maximum Gasteiger partial charge on any atom is 0.417 e. The van der Waals surface area contributed by atoms with E-state index in [-0.39, 0.29) is 6.42 Å². The number of sulfonamides is 1. The Labute approximate surface area is 130 Å². The third kappa shape index (κ3) is 4.89. The van der Waals surface area contributed by atoms with Gasteiger partial charge in [-0.05, 0) is 30.6 Å². The third-order valence-corrected chi connectivity index (χ3v) is 4.86. The van der Waals surface area contributed by atoms with E-state index >= 15 is 0 Å². The lowest BCUT2D eigenvalue weighted by atomic mass is 10.2. The lowest BCUT2D eigenvalue weighted by Gasteiger charge is -2.17. The molecule has 1 atom stereocenters. The molecular formula is C12H14F3NO4S2. The second-order valence-corrected chi connectivity index (χ2v) is 6.96. The number of nitrogens with one attached hydrogen (secondary N) is 1. The molecule has 0 radical (unpaired) electrons. The van der Waals surface area contributed by atoms with Gasteiger partial charge < -0.3 is 5.11 Å². The number of rotatable bonds is 7. The van der Waals surface area contributed by atoms with Gasteiger partial charge in [0, 0.05) is 0 Å². The molecule has 0 bridgehead atoms. The van der Waals surface area contributed by atoms with Gasteiger partial charge in [0.25, 0.3) is 0 Å². The summed E-state index contributed by atoms with van der Waals surface area (Å²) in [6.07, 6.45) is -3.19. The van der Waals surface area contributed by atoms with E-state index in [1.54, 1.807) is 6.26 Å². The molecule has 5 nitrogen and oxygen atoms in total. The summed E-state index contributed by atoms with van der Waals surface area (Å²) in [5.74, 6) is -1.09. The van der Waals surface area contributed by atoms with Crippen molar-refractivity contribution >= 4 is 27.8 Å². The average molecular weight is 357 g/mol. The first-order valence-corrected chi connectivity index (χ1v) is 8.87. The van der Waals surface area contributed by atoms with E-state index in [4.69, 9.17) is 5.11 Å². The van der Waals surface area contributed by atoms with Gasteiger partial charge in [-0.2, -0.15) is 29.7 Å². The highest BCUT2D eigenvalue weighted by Gasteiger charge is 2.37. The number of halogens is 3. The number of benzene rings is 1. The zero-order chi connectivity index (χ0) is 17.0. The van der Waals surface area contributed by atoms with Gasteiger partial charge in [-0.1, -0.05) is 12.1 Å². The summed E-state index contributed by atoms with van der Waals surface area (Å²) in [6, 6.07) is 2.13. The number of carboxylic acid groups (broad SMARTS) is 1. The number of aliphatic carboxylic acids is 1. The number of hydrogen-bond acceptors (Lipinski definition) is 4. The van der Waals surface area contributed by atoms with Crippen LogP contribution < -0.4 is 4.72 Å². The first kappa shape index (κ1) is 18.8. The van der Waals surface area contributed by atoms with Crippen LogP contribution in [0.25, 0.3) is 0 Å². The van der Waals surface area contributed by atoms with Crippen LogP contribution in [0.1, 0.15) is 12.0 Å². The molecule has 22 heavy (non-hydrogen) atoms. The van der Waals surface area contributed by atoms with Crippen LogP contribution in [-0.4, -0.2) is 37.5 Å². The Morgan fingerprint density at radius 2 is 1.95 bits per heavy atom. The predicted molar refractivity (Wildman–Crippen MR) is 76.2 cm³/mol. The second-order valence-electron chi connectivity index (χ2n) is 4.29. The molecule has 0 saturated heterocycles. The van der Waals surface area contributed by atoms with Crippen molar-refractivity contribution in [2.24, 2.45) is 0 Å². The number of carboxylic acids is 1. The van der Waals surface area contributed by atoms with E-state index < -0.39 is 38.7 Å². The molecule has 1 rings (SSSR count). The van der Waals surface area contributed by atoms with Crippen molar-refractivity contribution in [2.45, 2.75) is 23.5 Å². The Balaban J connectivity index is 3.17. The second kappa shape index (κ2) is 7.34. The molecule has 2 N–H and O–H groups in total. The van der Waals surface area contributed by atoms with Crippen molar-refractivity contribution in [3.05, 3.63) is 29.8 Å². The minimum absolute atomic E-state index is 0.0378. The molecule has 0 spiro atoms. The van der Waals surface area contributed by atoms with Gasteiger partial charge in [-0.15, -0.1) is 0 Å². The molecule has 1 unspecified atom stereocenters. The van der Waals surface area contributed by atoms with Crippen LogP contribution in [0.2, 0.25) is 0 Å². The molecule has 124 valence electrons. The van der Waals surface area contributed by atoms with Gasteiger partial charge in [0.1, 0.15) is 6.04 Å². The maximum absolute atomic E-state index is 12.9. The minimum Gasteiger partial charge on any atom is -0.480 e. The molecule has 1 aromatic rings. The van der Waals surface area contributed by atoms with Crippen molar-refractivity contribution in [3.63, 3.8) is 0 Å². The van der Waals surface area contributed by atoms with Crippen molar-refractivity contribution in [1.29, 1.82) is 0 Å². The molecule has 0 aliphatic heterocycles. The van der Waals surface area contributed by atoms with E-state index in [0.717, 1.165) is 18.2 Å². The first-order valence-electron chi connectivity index (χ1n) is 6.00. The summed E-state index contributed by atoms with van der Waals surface area (Å²) in [4.78, 5) is 10.0. The molecule has 0 aromatic heterocycles. The van der Waals surface area contributed by atoms with E-state index in [1.807, 2.05) is 4.72 Å². The summed E-state index contributed by atoms with van der Waals surface area (Å²) in [5.41, 5.74) is -1.34. The largest absolute Gasteiger partial charge is 0.480 e. The zero-order valence-corrected chi connectivity index (χ0v) is 13.1. The molecule has 0 heterocycles. The van der Waals surface area contributed by atoms with Crippen molar-refractivity contribution in [2.75, 3.05) is 12.0 Å². The fourth-order valence-corrected chi connectivity index (χ4v) is 3.58. The topological polar surface area (TPSA) is 83.5 Å². The smallest absolute Gasteiger partial charge is 0.417 e. The summed E-state index contributed by atoms with van der Waals surface area (Å²) in [6.45, 7) is 0. The fourth-order valence-electron chi connectivity index (χ4n) is 1.65. The highest BCUT2D eigenvalue weighted by molar-refractivity contribution is 7.98. The first-order chi connectivity index (χ1) is 10.1. The SMILES string of the molecule is CSCCC(NS(=O)(=O)c1ccccc1C(F)(F)F)C(=O)O. The number of thioether (sulfide) groups is 1. The van der Waals surface area contributed by atoms with Crippen LogP contribution in [-0.2, 0) is 21.0 Å². The highest BCUT2D eigenvalue weighted by Crippen LogP contribution is 2.33. The molecule has 10 heteroatoms. The summed E-state index contributed by atoms with van der Waals surface area (Å²) in [5, 5.41) is 8.98. The monoisotopic (exact) mass is 357 g/mol. The Kier molecular flexibility index (Phi) is 6.27. The Morgan fingerprint density at radius 1 is 1.36 bits per heavy atom. The van der Waals surface area contributed by atoms with Crippen molar-refractivity contribution in [3.8, 4) is 0 Å². The third-order valence-electron chi connectivity index (χ3n) is 2.69. The van der Waals surface area contributed by atoms with E-state index in [0.29, 0.717) is 11.8 Å². The lowest BCUT2D eigenvalue weighted by Crippen LogP contribution is -2.41. The van der Waals surface area contributed by atoms with E-state index in [2.05, 4.69) is 0 Å². The Bertz CT molecular complexity index is 632. The summed E-state index contributed by atoms with van der Waals surface area (Å²) < 4.78 is 64.6. The lowest BCUT2D eigenvalue weighted by molar-refractivity contribution is -0.140. The Morgan fingerprint density at radius 3 is 2.45 bits per heavy atom. The minimum atomic E-state index is -4.86. The molecule has 0 fully saturated rings. The average Bonchev–Trinajstić information content (AvgIpc) is 2.42. The zero-order valence-electron chi connectivity index (χ0n) is 11.4. The standard InChI is InChI=1S/C12H14F3NO4S2/c1-21-7-6-9(11(17)18)16-22(19,20)10-5-3-2-4-8(10)12(13,14)15/h2-5,9,16H,6-7H2,1H3,(H,17,18). The number of carbonyl (C=O) groups is 1. The molecule has 0 aliphatic rings. The van der Waals surface area contributed by atoms with Gasteiger partial charge in [0.2, 0.25) is 10.0 Å². The van der Waals surface area contributed by atoms with Crippen LogP contribution in [0.3, 0.4) is 0 Å². The predicted octanol–water partition coefficient (Wildman–Crippen LogP) is 2.19. The van der Waals surface area contributed by atoms with Gasteiger partial charge in [0.05, 0.1) is 10.5 Å². The van der Waals surface area contributed by atoms with Crippen molar-refractivity contribution in [1.82, 2.24) is 4.72 Å². The van der Waals surface area contributed by atoms with Crippen LogP contribution in [0.15, 0.2) is 29.2 Å². The highest BCUT2D eigenvalue weighted by atomic mass is 32.2. The molecule has 0 aliphatic carbocycles. The molecule has 0 saturated carbocycles.